The van der Waals surface area contributed by atoms with E-state index in [1.165, 1.54) is 13.1 Å². The highest BCUT2D eigenvalue weighted by atomic mass is 32.1. The van der Waals surface area contributed by atoms with Gasteiger partial charge in [0.15, 0.2) is 6.04 Å². The van der Waals surface area contributed by atoms with E-state index < -0.39 is 12.0 Å². The van der Waals surface area contributed by atoms with Gasteiger partial charge in [0.1, 0.15) is 0 Å². The number of nitrogens with zero attached hydrogens (tertiary/aromatic N) is 1. The molecule has 0 aliphatic carbocycles. The minimum atomic E-state index is -1.08. The highest BCUT2D eigenvalue weighted by Gasteiger charge is 2.21. The molecule has 2 N–H and O–H groups in total. The van der Waals surface area contributed by atoms with Crippen LogP contribution in [0.4, 0.5) is 0 Å². The van der Waals surface area contributed by atoms with E-state index in [9.17, 15) is 9.59 Å². The Morgan fingerprint density at radius 1 is 1.69 bits per heavy atom. The van der Waals surface area contributed by atoms with E-state index in [0.717, 1.165) is 11.5 Å². The molecule has 0 aromatic carbocycles. The summed E-state index contributed by atoms with van der Waals surface area (Å²) in [5.74, 6) is -1.46. The second kappa shape index (κ2) is 3.99. The molecular weight excluding hydrogens is 192 g/mol. The van der Waals surface area contributed by atoms with Crippen LogP contribution in [0.2, 0.25) is 0 Å². The highest BCUT2D eigenvalue weighted by Crippen LogP contribution is 2.16. The topological polar surface area (TPSA) is 79.3 Å². The number of carboxylic acid groups (broad SMARTS) is 1. The number of carbonyl (C=O) groups is 2. The number of carboxylic acids is 1. The first kappa shape index (κ1) is 9.66. The molecule has 1 amide bonds. The van der Waals surface area contributed by atoms with Crippen LogP contribution in [-0.2, 0) is 9.59 Å². The van der Waals surface area contributed by atoms with Crippen LogP contribution in [0.1, 0.15) is 17.8 Å². The van der Waals surface area contributed by atoms with Gasteiger partial charge < -0.3 is 10.4 Å². The summed E-state index contributed by atoms with van der Waals surface area (Å²) in [7, 11) is 0. The van der Waals surface area contributed by atoms with E-state index in [2.05, 4.69) is 9.69 Å². The maximum Gasteiger partial charge on any atom is 0.331 e. The first-order valence-electron chi connectivity index (χ1n) is 3.51. The number of hydrogen-bond acceptors (Lipinski definition) is 4. The lowest BCUT2D eigenvalue weighted by molar-refractivity contribution is -0.141. The third kappa shape index (κ3) is 2.51. The minimum absolute atomic E-state index is 0.374. The van der Waals surface area contributed by atoms with E-state index in [1.807, 2.05) is 0 Å². The van der Waals surface area contributed by atoms with Gasteiger partial charge in [-0.05, 0) is 17.6 Å². The zero-order chi connectivity index (χ0) is 9.84. The van der Waals surface area contributed by atoms with Gasteiger partial charge in [-0.15, -0.1) is 0 Å². The molecule has 5 nitrogen and oxygen atoms in total. The van der Waals surface area contributed by atoms with Crippen molar-refractivity contribution in [2.75, 3.05) is 0 Å². The fraction of sp³-hybridized carbons (Fsp3) is 0.286. The quantitative estimate of drug-likeness (QED) is 0.740. The van der Waals surface area contributed by atoms with E-state index in [1.54, 1.807) is 6.07 Å². The Morgan fingerprint density at radius 2 is 2.38 bits per heavy atom. The van der Waals surface area contributed by atoms with Crippen LogP contribution in [0.25, 0.3) is 0 Å². The Morgan fingerprint density at radius 3 is 2.77 bits per heavy atom. The van der Waals surface area contributed by atoms with Crippen molar-refractivity contribution in [2.24, 2.45) is 0 Å². The maximum absolute atomic E-state index is 10.7. The first-order chi connectivity index (χ1) is 6.11. The summed E-state index contributed by atoms with van der Waals surface area (Å²) >= 11 is 1.06. The second-order valence-electron chi connectivity index (χ2n) is 2.39. The second-order valence-corrected chi connectivity index (χ2v) is 3.25. The summed E-state index contributed by atoms with van der Waals surface area (Å²) in [5, 5.41) is 11.1. The average molecular weight is 200 g/mol. The van der Waals surface area contributed by atoms with Gasteiger partial charge in [0.25, 0.3) is 0 Å². The first-order valence-corrected chi connectivity index (χ1v) is 4.29. The summed E-state index contributed by atoms with van der Waals surface area (Å²) in [6.07, 6.45) is 1.50. The third-order valence-electron chi connectivity index (χ3n) is 1.34. The zero-order valence-corrected chi connectivity index (χ0v) is 7.67. The van der Waals surface area contributed by atoms with Crippen LogP contribution in [0.15, 0.2) is 12.3 Å². The lowest BCUT2D eigenvalue weighted by atomic mass is 10.2. The molecule has 6 heteroatoms. The van der Waals surface area contributed by atoms with Gasteiger partial charge in [-0.25, -0.2) is 9.17 Å². The average Bonchev–Trinajstić information content (AvgIpc) is 2.50. The standard InChI is InChI=1S/C7H8N2O3S/c1-4(10)9-6(7(11)12)5-2-3-8-13-5/h2-3,6H,1H3,(H,9,10)(H,11,12). The van der Waals surface area contributed by atoms with Crippen LogP contribution in [0, 0.1) is 0 Å². The molecule has 1 atom stereocenters. The molecule has 0 radical (unpaired) electrons. The molecule has 1 heterocycles. The maximum atomic E-state index is 10.7. The third-order valence-corrected chi connectivity index (χ3v) is 2.15. The Balaban J connectivity index is 2.81. The van der Waals surface area contributed by atoms with Crippen molar-refractivity contribution in [1.29, 1.82) is 0 Å². The largest absolute Gasteiger partial charge is 0.479 e. The van der Waals surface area contributed by atoms with E-state index >= 15 is 0 Å². The minimum Gasteiger partial charge on any atom is -0.479 e. The lowest BCUT2D eigenvalue weighted by Crippen LogP contribution is -2.31. The Kier molecular flexibility index (Phi) is 2.97. The molecule has 1 aromatic rings. The number of aliphatic carboxylic acids is 1. The Hall–Kier alpha value is -1.43. The van der Waals surface area contributed by atoms with Gasteiger partial charge in [-0.3, -0.25) is 4.79 Å². The molecule has 0 aliphatic rings. The molecule has 70 valence electrons. The Labute approximate surface area is 78.6 Å². The van der Waals surface area contributed by atoms with Crippen molar-refractivity contribution >= 4 is 23.4 Å². The number of hydrogen-bond donors (Lipinski definition) is 2. The van der Waals surface area contributed by atoms with Crippen LogP contribution in [0.3, 0.4) is 0 Å². The molecule has 0 bridgehead atoms. The van der Waals surface area contributed by atoms with E-state index in [-0.39, 0.29) is 5.91 Å². The predicted octanol–water partition coefficient (Wildman–Crippen LogP) is 0.405. The number of amides is 1. The summed E-state index contributed by atoms with van der Waals surface area (Å²) in [4.78, 5) is 21.9. The van der Waals surface area contributed by atoms with Gasteiger partial charge in [-0.2, -0.15) is 0 Å². The van der Waals surface area contributed by atoms with Gasteiger partial charge >= 0.3 is 5.97 Å². The van der Waals surface area contributed by atoms with Gasteiger partial charge in [0, 0.05) is 13.1 Å². The van der Waals surface area contributed by atoms with Crippen LogP contribution in [-0.4, -0.2) is 21.4 Å². The number of rotatable bonds is 3. The van der Waals surface area contributed by atoms with E-state index in [0.29, 0.717) is 4.88 Å². The molecule has 0 spiro atoms. The van der Waals surface area contributed by atoms with E-state index in [4.69, 9.17) is 5.11 Å². The van der Waals surface area contributed by atoms with Gasteiger partial charge in [0.2, 0.25) is 5.91 Å². The molecular formula is C7H8N2O3S. The Bertz CT molecular complexity index is 310. The molecule has 1 rings (SSSR count). The monoisotopic (exact) mass is 200 g/mol. The SMILES string of the molecule is CC(=O)NC(C(=O)O)c1ccns1. The van der Waals surface area contributed by atoms with Crippen molar-refractivity contribution in [1.82, 2.24) is 9.69 Å². The lowest BCUT2D eigenvalue weighted by Gasteiger charge is -2.09. The summed E-state index contributed by atoms with van der Waals surface area (Å²) in [5.41, 5.74) is 0. The predicted molar refractivity (Wildman–Crippen MR) is 46.3 cm³/mol. The fourth-order valence-corrected chi connectivity index (χ4v) is 1.46. The number of carbonyl (C=O) groups excluding carboxylic acids is 1. The van der Waals surface area contributed by atoms with Gasteiger partial charge in [-0.1, -0.05) is 0 Å². The number of aromatic nitrogens is 1. The van der Waals surface area contributed by atoms with Crippen LogP contribution >= 0.6 is 11.5 Å². The highest BCUT2D eigenvalue weighted by molar-refractivity contribution is 7.05. The molecule has 0 aliphatic heterocycles. The van der Waals surface area contributed by atoms with Crippen molar-refractivity contribution in [3.8, 4) is 0 Å². The molecule has 0 saturated heterocycles. The van der Waals surface area contributed by atoms with Gasteiger partial charge in [0.05, 0.1) is 4.88 Å². The molecule has 1 unspecified atom stereocenters. The zero-order valence-electron chi connectivity index (χ0n) is 6.85. The smallest absolute Gasteiger partial charge is 0.331 e. The summed E-state index contributed by atoms with van der Waals surface area (Å²) in [6, 6.07) is 0.587. The van der Waals surface area contributed by atoms with Crippen molar-refractivity contribution < 1.29 is 14.7 Å². The van der Waals surface area contributed by atoms with Crippen molar-refractivity contribution in [3.63, 3.8) is 0 Å². The van der Waals surface area contributed by atoms with Crippen molar-refractivity contribution in [2.45, 2.75) is 13.0 Å². The molecule has 13 heavy (non-hydrogen) atoms. The summed E-state index contributed by atoms with van der Waals surface area (Å²) < 4.78 is 3.76. The molecule has 0 saturated carbocycles. The van der Waals surface area contributed by atoms with Crippen molar-refractivity contribution in [3.05, 3.63) is 17.1 Å². The molecule has 1 aromatic heterocycles. The van der Waals surface area contributed by atoms with Crippen LogP contribution < -0.4 is 5.32 Å². The normalized spacial score (nSPS) is 12.1. The fourth-order valence-electron chi connectivity index (χ4n) is 0.832. The molecule has 0 fully saturated rings. The number of nitrogens with one attached hydrogen (secondary N) is 1. The van der Waals surface area contributed by atoms with Crippen LogP contribution in [0.5, 0.6) is 0 Å². The summed E-state index contributed by atoms with van der Waals surface area (Å²) in [6.45, 7) is 1.27.